The molecule has 3 N–H and O–H groups in total. The van der Waals surface area contributed by atoms with Crippen LogP contribution >= 0.6 is 0 Å². The number of anilines is 1. The maximum absolute atomic E-state index is 5.83. The fraction of sp³-hybridized carbons (Fsp3) is 0.500. The molecule has 17 heavy (non-hydrogen) atoms. The van der Waals surface area contributed by atoms with E-state index in [0.29, 0.717) is 5.82 Å². The summed E-state index contributed by atoms with van der Waals surface area (Å²) in [6.07, 6.45) is 6.93. The van der Waals surface area contributed by atoms with E-state index >= 15 is 0 Å². The zero-order valence-electron chi connectivity index (χ0n) is 11.2. The molecule has 0 fully saturated rings. The Kier molecular flexibility index (Phi) is 4.70. The zero-order chi connectivity index (χ0) is 12.9. The summed E-state index contributed by atoms with van der Waals surface area (Å²) in [5.74, 6) is 0.602. The van der Waals surface area contributed by atoms with Crippen LogP contribution in [0.5, 0.6) is 0 Å². The van der Waals surface area contributed by atoms with Gasteiger partial charge in [-0.15, -0.1) is 0 Å². The highest BCUT2D eigenvalue weighted by Gasteiger charge is 2.06. The molecule has 3 heteroatoms. The van der Waals surface area contributed by atoms with E-state index in [4.69, 9.17) is 5.73 Å². The van der Waals surface area contributed by atoms with Crippen molar-refractivity contribution in [2.75, 3.05) is 12.3 Å². The van der Waals surface area contributed by atoms with Crippen molar-refractivity contribution in [1.82, 2.24) is 10.3 Å². The molecule has 1 aromatic heterocycles. The first-order valence-corrected chi connectivity index (χ1v) is 6.03. The van der Waals surface area contributed by atoms with E-state index in [9.17, 15) is 0 Å². The average molecular weight is 233 g/mol. The lowest BCUT2D eigenvalue weighted by Gasteiger charge is -2.19. The van der Waals surface area contributed by atoms with Crippen LogP contribution < -0.4 is 11.1 Å². The third kappa shape index (κ3) is 5.00. The number of nitrogens with one attached hydrogen (secondary N) is 1. The Labute approximate surface area is 104 Å². The van der Waals surface area contributed by atoms with E-state index in [1.54, 1.807) is 6.20 Å². The highest BCUT2D eigenvalue weighted by molar-refractivity contribution is 5.63. The van der Waals surface area contributed by atoms with Crippen LogP contribution in [0.3, 0.4) is 0 Å². The molecule has 0 radical (unpaired) electrons. The molecule has 1 aromatic rings. The van der Waals surface area contributed by atoms with Crippen LogP contribution in [-0.2, 0) is 0 Å². The fourth-order valence-corrected chi connectivity index (χ4v) is 1.54. The molecule has 0 aliphatic carbocycles. The lowest BCUT2D eigenvalue weighted by atomic mass is 10.1. The van der Waals surface area contributed by atoms with E-state index in [1.165, 1.54) is 0 Å². The second-order valence-corrected chi connectivity index (χ2v) is 5.29. The molecule has 0 saturated carbocycles. The van der Waals surface area contributed by atoms with E-state index in [-0.39, 0.29) is 5.54 Å². The normalized spacial score (nSPS) is 12.2. The molecule has 94 valence electrons. The summed E-state index contributed by atoms with van der Waals surface area (Å²) in [4.78, 5) is 4.09. The van der Waals surface area contributed by atoms with E-state index in [2.05, 4.69) is 43.2 Å². The molecule has 0 saturated heterocycles. The Hall–Kier alpha value is -1.35. The van der Waals surface area contributed by atoms with Gasteiger partial charge in [-0.1, -0.05) is 12.2 Å². The van der Waals surface area contributed by atoms with Gasteiger partial charge >= 0.3 is 0 Å². The van der Waals surface area contributed by atoms with Crippen LogP contribution in [0.4, 0.5) is 5.82 Å². The smallest absolute Gasteiger partial charge is 0.130 e. The highest BCUT2D eigenvalue weighted by Crippen LogP contribution is 2.15. The van der Waals surface area contributed by atoms with Gasteiger partial charge < -0.3 is 11.1 Å². The van der Waals surface area contributed by atoms with Crippen molar-refractivity contribution in [1.29, 1.82) is 0 Å². The SMILES string of the molecule is Cc1ccnc(N)c1C=CCCNC(C)(C)C. The van der Waals surface area contributed by atoms with Crippen LogP contribution in [-0.4, -0.2) is 17.1 Å². The lowest BCUT2D eigenvalue weighted by molar-refractivity contribution is 0.431. The van der Waals surface area contributed by atoms with Crippen LogP contribution in [0, 0.1) is 6.92 Å². The van der Waals surface area contributed by atoms with Crippen molar-refractivity contribution in [2.24, 2.45) is 0 Å². The maximum atomic E-state index is 5.83. The van der Waals surface area contributed by atoms with Gasteiger partial charge in [0.2, 0.25) is 0 Å². The van der Waals surface area contributed by atoms with Gasteiger partial charge in [0, 0.05) is 17.3 Å². The standard InChI is InChI=1S/C14H23N3/c1-11-8-10-16-13(15)12(11)7-5-6-9-17-14(2,3)4/h5,7-8,10,17H,6,9H2,1-4H3,(H2,15,16). The molecule has 0 aromatic carbocycles. The Morgan fingerprint density at radius 1 is 1.41 bits per heavy atom. The lowest BCUT2D eigenvalue weighted by Crippen LogP contribution is -2.36. The molecule has 0 amide bonds. The third-order valence-electron chi connectivity index (χ3n) is 2.49. The Morgan fingerprint density at radius 3 is 2.71 bits per heavy atom. The predicted octanol–water partition coefficient (Wildman–Crippen LogP) is 2.76. The largest absolute Gasteiger partial charge is 0.383 e. The Morgan fingerprint density at radius 2 is 2.12 bits per heavy atom. The summed E-state index contributed by atoms with van der Waals surface area (Å²) in [6.45, 7) is 9.52. The first-order chi connectivity index (χ1) is 7.90. The number of aromatic nitrogens is 1. The minimum Gasteiger partial charge on any atom is -0.383 e. The molecule has 1 heterocycles. The quantitative estimate of drug-likeness (QED) is 0.786. The number of pyridine rings is 1. The fourth-order valence-electron chi connectivity index (χ4n) is 1.54. The summed E-state index contributed by atoms with van der Waals surface area (Å²) < 4.78 is 0. The molecule has 0 aliphatic rings. The van der Waals surface area contributed by atoms with Crippen LogP contribution in [0.2, 0.25) is 0 Å². The van der Waals surface area contributed by atoms with Gasteiger partial charge in [0.1, 0.15) is 5.82 Å². The van der Waals surface area contributed by atoms with Crippen LogP contribution in [0.25, 0.3) is 6.08 Å². The van der Waals surface area contributed by atoms with Gasteiger partial charge in [0.25, 0.3) is 0 Å². The van der Waals surface area contributed by atoms with Gasteiger partial charge in [0.15, 0.2) is 0 Å². The minimum atomic E-state index is 0.178. The van der Waals surface area contributed by atoms with E-state index in [0.717, 1.165) is 24.1 Å². The monoisotopic (exact) mass is 233 g/mol. The molecule has 0 spiro atoms. The summed E-state index contributed by atoms with van der Waals surface area (Å²) >= 11 is 0. The second-order valence-electron chi connectivity index (χ2n) is 5.29. The topological polar surface area (TPSA) is 50.9 Å². The third-order valence-corrected chi connectivity index (χ3v) is 2.49. The predicted molar refractivity (Wildman–Crippen MR) is 74.8 cm³/mol. The second kappa shape index (κ2) is 5.82. The van der Waals surface area contributed by atoms with E-state index < -0.39 is 0 Å². The number of nitrogens with two attached hydrogens (primary N) is 1. The number of hydrogen-bond acceptors (Lipinski definition) is 3. The molecular formula is C14H23N3. The van der Waals surface area contributed by atoms with Crippen LogP contribution in [0.1, 0.15) is 38.3 Å². The van der Waals surface area contributed by atoms with Crippen molar-refractivity contribution < 1.29 is 0 Å². The first-order valence-electron chi connectivity index (χ1n) is 6.03. The number of nitrogen functional groups attached to an aromatic ring is 1. The van der Waals surface area contributed by atoms with Gasteiger partial charge in [-0.3, -0.25) is 0 Å². The number of hydrogen-bond donors (Lipinski definition) is 2. The van der Waals surface area contributed by atoms with Crippen molar-refractivity contribution in [3.8, 4) is 0 Å². The Bertz CT molecular complexity index is 369. The molecule has 0 unspecified atom stereocenters. The zero-order valence-corrected chi connectivity index (χ0v) is 11.2. The number of aryl methyl sites for hydroxylation is 1. The first kappa shape index (κ1) is 13.7. The summed E-state index contributed by atoms with van der Waals surface area (Å²) in [5, 5.41) is 3.44. The van der Waals surface area contributed by atoms with Gasteiger partial charge in [-0.2, -0.15) is 0 Å². The molecule has 0 aliphatic heterocycles. The van der Waals surface area contributed by atoms with Crippen molar-refractivity contribution in [2.45, 2.75) is 39.7 Å². The van der Waals surface area contributed by atoms with Crippen LogP contribution in [0.15, 0.2) is 18.3 Å². The average Bonchev–Trinajstić information content (AvgIpc) is 2.20. The van der Waals surface area contributed by atoms with Crippen molar-refractivity contribution in [3.05, 3.63) is 29.5 Å². The van der Waals surface area contributed by atoms with E-state index in [1.807, 2.05) is 13.0 Å². The van der Waals surface area contributed by atoms with Gasteiger partial charge in [-0.25, -0.2) is 4.98 Å². The summed E-state index contributed by atoms with van der Waals surface area (Å²) in [5.41, 5.74) is 8.20. The summed E-state index contributed by atoms with van der Waals surface area (Å²) in [6, 6.07) is 1.98. The number of rotatable bonds is 4. The van der Waals surface area contributed by atoms with Gasteiger partial charge in [0.05, 0.1) is 0 Å². The molecule has 1 rings (SSSR count). The molecule has 0 bridgehead atoms. The number of nitrogens with zero attached hydrogens (tertiary/aromatic N) is 1. The Balaban J connectivity index is 2.49. The highest BCUT2D eigenvalue weighted by atomic mass is 14.9. The minimum absolute atomic E-state index is 0.178. The molecule has 0 atom stereocenters. The maximum Gasteiger partial charge on any atom is 0.130 e. The van der Waals surface area contributed by atoms with Gasteiger partial charge in [-0.05, 0) is 52.3 Å². The molecule has 3 nitrogen and oxygen atoms in total. The van der Waals surface area contributed by atoms with Crippen molar-refractivity contribution in [3.63, 3.8) is 0 Å². The van der Waals surface area contributed by atoms with Crippen molar-refractivity contribution >= 4 is 11.9 Å². The summed E-state index contributed by atoms with van der Waals surface area (Å²) in [7, 11) is 0. The molecular weight excluding hydrogens is 210 g/mol.